The first-order valence-electron chi connectivity index (χ1n) is 8.53. The maximum atomic E-state index is 11.6. The van der Waals surface area contributed by atoms with Gasteiger partial charge in [-0.25, -0.2) is 9.48 Å². The van der Waals surface area contributed by atoms with Crippen molar-refractivity contribution in [3.63, 3.8) is 0 Å². The number of benzene rings is 2. The molecule has 0 radical (unpaired) electrons. The smallest absolute Gasteiger partial charge is 0.408 e. The fourth-order valence-electron chi connectivity index (χ4n) is 3.04. The van der Waals surface area contributed by atoms with E-state index < -0.39 is 0 Å². The van der Waals surface area contributed by atoms with E-state index in [2.05, 4.69) is 29.5 Å². The summed E-state index contributed by atoms with van der Waals surface area (Å²) in [6, 6.07) is 16.2. The number of rotatable bonds is 5. The van der Waals surface area contributed by atoms with Gasteiger partial charge in [-0.1, -0.05) is 18.2 Å². The fourth-order valence-corrected chi connectivity index (χ4v) is 3.04. The lowest BCUT2D eigenvalue weighted by molar-refractivity contribution is 0.527. The van der Waals surface area contributed by atoms with Crippen molar-refractivity contribution in [3.05, 3.63) is 82.6 Å². The molecule has 0 spiro atoms. The first-order valence-corrected chi connectivity index (χ1v) is 8.53. The summed E-state index contributed by atoms with van der Waals surface area (Å²) in [6.07, 6.45) is 3.70. The molecule has 0 fully saturated rings. The lowest BCUT2D eigenvalue weighted by atomic mass is 10.1. The van der Waals surface area contributed by atoms with Gasteiger partial charge >= 0.3 is 5.76 Å². The zero-order chi connectivity index (χ0) is 18.1. The summed E-state index contributed by atoms with van der Waals surface area (Å²) >= 11 is 0. The third-order valence-electron chi connectivity index (χ3n) is 4.61. The van der Waals surface area contributed by atoms with Gasteiger partial charge in [0.15, 0.2) is 5.58 Å². The second-order valence-corrected chi connectivity index (χ2v) is 6.38. The van der Waals surface area contributed by atoms with Gasteiger partial charge in [-0.05, 0) is 48.4 Å². The first kappa shape index (κ1) is 16.4. The average molecular weight is 348 g/mol. The van der Waals surface area contributed by atoms with Gasteiger partial charge < -0.3 is 9.73 Å². The van der Waals surface area contributed by atoms with Crippen LogP contribution in [0.25, 0.3) is 16.8 Å². The highest BCUT2D eigenvalue weighted by molar-refractivity contribution is 5.73. The van der Waals surface area contributed by atoms with Crippen molar-refractivity contribution in [1.29, 1.82) is 0 Å². The Bertz CT molecular complexity index is 1090. The molecule has 0 aliphatic rings. The van der Waals surface area contributed by atoms with E-state index in [0.717, 1.165) is 16.8 Å². The SMILES string of the molecule is CC(NCc1ccc2c(c1)oc(=O)n2C)c1cccc(-n2cccn2)c1. The van der Waals surface area contributed by atoms with Crippen LogP contribution in [-0.2, 0) is 13.6 Å². The number of fused-ring (bicyclic) bond motifs is 1. The zero-order valence-corrected chi connectivity index (χ0v) is 14.7. The van der Waals surface area contributed by atoms with E-state index in [4.69, 9.17) is 4.42 Å². The van der Waals surface area contributed by atoms with Crippen LogP contribution in [0.2, 0.25) is 0 Å². The molecular weight excluding hydrogens is 328 g/mol. The van der Waals surface area contributed by atoms with E-state index in [1.54, 1.807) is 13.2 Å². The average Bonchev–Trinajstić information content (AvgIpc) is 3.29. The minimum atomic E-state index is -0.339. The van der Waals surface area contributed by atoms with Gasteiger partial charge in [-0.15, -0.1) is 0 Å². The van der Waals surface area contributed by atoms with E-state index in [1.807, 2.05) is 47.3 Å². The van der Waals surface area contributed by atoms with E-state index >= 15 is 0 Å². The minimum absolute atomic E-state index is 0.170. The molecule has 132 valence electrons. The van der Waals surface area contributed by atoms with Gasteiger partial charge in [0, 0.05) is 32.0 Å². The summed E-state index contributed by atoms with van der Waals surface area (Å²) in [5.41, 5.74) is 4.71. The number of hydrogen-bond donors (Lipinski definition) is 1. The summed E-state index contributed by atoms with van der Waals surface area (Å²) in [7, 11) is 1.71. The zero-order valence-electron chi connectivity index (χ0n) is 14.7. The lowest BCUT2D eigenvalue weighted by Gasteiger charge is -2.15. The molecule has 6 nitrogen and oxygen atoms in total. The molecule has 2 heterocycles. The summed E-state index contributed by atoms with van der Waals surface area (Å²) in [5.74, 6) is -0.339. The quantitative estimate of drug-likeness (QED) is 0.602. The van der Waals surface area contributed by atoms with Crippen LogP contribution in [0.1, 0.15) is 24.1 Å². The number of aryl methyl sites for hydroxylation is 1. The Labute approximate surface area is 150 Å². The van der Waals surface area contributed by atoms with Crippen molar-refractivity contribution < 1.29 is 4.42 Å². The predicted molar refractivity (Wildman–Crippen MR) is 100 cm³/mol. The normalized spacial score (nSPS) is 12.5. The summed E-state index contributed by atoms with van der Waals surface area (Å²) in [4.78, 5) is 11.6. The molecule has 2 aromatic heterocycles. The van der Waals surface area contributed by atoms with Crippen molar-refractivity contribution in [3.8, 4) is 5.69 Å². The molecule has 26 heavy (non-hydrogen) atoms. The molecule has 0 amide bonds. The van der Waals surface area contributed by atoms with Crippen LogP contribution in [-0.4, -0.2) is 14.3 Å². The van der Waals surface area contributed by atoms with Crippen LogP contribution in [0, 0.1) is 0 Å². The van der Waals surface area contributed by atoms with Crippen LogP contribution in [0.3, 0.4) is 0 Å². The van der Waals surface area contributed by atoms with Gasteiger partial charge in [0.25, 0.3) is 0 Å². The maximum Gasteiger partial charge on any atom is 0.419 e. The molecule has 0 aliphatic carbocycles. The second kappa shape index (κ2) is 6.65. The van der Waals surface area contributed by atoms with E-state index in [0.29, 0.717) is 12.1 Å². The van der Waals surface area contributed by atoms with E-state index in [1.165, 1.54) is 10.1 Å². The van der Waals surface area contributed by atoms with Gasteiger partial charge in [-0.3, -0.25) is 4.57 Å². The van der Waals surface area contributed by atoms with E-state index in [9.17, 15) is 4.79 Å². The minimum Gasteiger partial charge on any atom is -0.408 e. The Morgan fingerprint density at radius 3 is 2.88 bits per heavy atom. The monoisotopic (exact) mass is 348 g/mol. The number of hydrogen-bond acceptors (Lipinski definition) is 4. The molecule has 1 unspecified atom stereocenters. The number of oxazole rings is 1. The predicted octanol–water partition coefficient (Wildman–Crippen LogP) is 3.17. The number of nitrogens with one attached hydrogen (secondary N) is 1. The number of nitrogens with zero attached hydrogens (tertiary/aromatic N) is 3. The van der Waals surface area contributed by atoms with Crippen molar-refractivity contribution in [2.45, 2.75) is 19.5 Å². The van der Waals surface area contributed by atoms with Crippen LogP contribution >= 0.6 is 0 Å². The largest absolute Gasteiger partial charge is 0.419 e. The molecular formula is C20H20N4O2. The van der Waals surface area contributed by atoms with Crippen LogP contribution in [0.5, 0.6) is 0 Å². The molecule has 0 aliphatic heterocycles. The molecule has 0 saturated heterocycles. The van der Waals surface area contributed by atoms with Crippen molar-refractivity contribution in [2.24, 2.45) is 7.05 Å². The third kappa shape index (κ3) is 3.07. The van der Waals surface area contributed by atoms with Crippen LogP contribution in [0.15, 0.2) is 70.1 Å². The maximum absolute atomic E-state index is 11.6. The highest BCUT2D eigenvalue weighted by atomic mass is 16.4. The topological polar surface area (TPSA) is 65.0 Å². The Balaban J connectivity index is 1.49. The van der Waals surface area contributed by atoms with Gasteiger partial charge in [0.05, 0.1) is 11.2 Å². The summed E-state index contributed by atoms with van der Waals surface area (Å²) in [5, 5.41) is 7.79. The Kier molecular flexibility index (Phi) is 4.18. The Morgan fingerprint density at radius 2 is 2.08 bits per heavy atom. The molecule has 0 saturated carbocycles. The molecule has 0 bridgehead atoms. The molecule has 4 rings (SSSR count). The molecule has 1 N–H and O–H groups in total. The molecule has 2 aromatic carbocycles. The first-order chi connectivity index (χ1) is 12.6. The van der Waals surface area contributed by atoms with E-state index in [-0.39, 0.29) is 11.8 Å². The molecule has 4 aromatic rings. The summed E-state index contributed by atoms with van der Waals surface area (Å²) in [6.45, 7) is 2.81. The number of aromatic nitrogens is 3. The molecule has 6 heteroatoms. The fraction of sp³-hybridized carbons (Fsp3) is 0.200. The van der Waals surface area contributed by atoms with Crippen molar-refractivity contribution in [1.82, 2.24) is 19.7 Å². The van der Waals surface area contributed by atoms with Crippen molar-refractivity contribution >= 4 is 11.1 Å². The Morgan fingerprint density at radius 1 is 1.19 bits per heavy atom. The van der Waals surface area contributed by atoms with Gasteiger partial charge in [-0.2, -0.15) is 5.10 Å². The highest BCUT2D eigenvalue weighted by Gasteiger charge is 2.09. The summed E-state index contributed by atoms with van der Waals surface area (Å²) < 4.78 is 8.62. The Hall–Kier alpha value is -3.12. The standard InChI is InChI=1S/C20H20N4O2/c1-14(16-5-3-6-17(12-16)24-10-4-9-22-24)21-13-15-7-8-18-19(11-15)26-20(25)23(18)2/h3-12,14,21H,13H2,1-2H3. The molecule has 1 atom stereocenters. The van der Waals surface area contributed by atoms with Gasteiger partial charge in [0.1, 0.15) is 0 Å². The second-order valence-electron chi connectivity index (χ2n) is 6.38. The highest BCUT2D eigenvalue weighted by Crippen LogP contribution is 2.18. The van der Waals surface area contributed by atoms with Crippen LogP contribution < -0.4 is 11.1 Å². The lowest BCUT2D eigenvalue weighted by Crippen LogP contribution is -2.18. The van der Waals surface area contributed by atoms with Crippen LogP contribution in [0.4, 0.5) is 0 Å². The third-order valence-corrected chi connectivity index (χ3v) is 4.61. The van der Waals surface area contributed by atoms with Gasteiger partial charge in [0.2, 0.25) is 0 Å². The van der Waals surface area contributed by atoms with Crippen molar-refractivity contribution in [2.75, 3.05) is 0 Å².